The lowest BCUT2D eigenvalue weighted by atomic mass is 10.3. The zero-order chi connectivity index (χ0) is 14.1. The average molecular weight is 292 g/mol. The molecular weight excluding hydrogens is 264 g/mol. The van der Waals surface area contributed by atoms with Gasteiger partial charge in [-0.3, -0.25) is 0 Å². The smallest absolute Gasteiger partial charge is 0.372 e. The number of ether oxygens (including phenoxy) is 2. The Morgan fingerprint density at radius 3 is 1.89 bits per heavy atom. The molecule has 5 nitrogen and oxygen atoms in total. The quantitative estimate of drug-likeness (QED) is 0.548. The molecule has 2 unspecified atom stereocenters. The van der Waals surface area contributed by atoms with Crippen molar-refractivity contribution in [1.29, 1.82) is 0 Å². The minimum atomic E-state index is -2.79. The lowest BCUT2D eigenvalue weighted by Gasteiger charge is -2.38. The summed E-state index contributed by atoms with van der Waals surface area (Å²) >= 11 is 0. The molecule has 0 aliphatic carbocycles. The SMILES string of the molecule is CCCC(OC1CCO1)[Si](OCC)(OCC)OCC. The van der Waals surface area contributed by atoms with Crippen molar-refractivity contribution >= 4 is 8.80 Å². The highest BCUT2D eigenvalue weighted by molar-refractivity contribution is 6.62. The first-order chi connectivity index (χ1) is 9.22. The lowest BCUT2D eigenvalue weighted by Crippen LogP contribution is -2.59. The van der Waals surface area contributed by atoms with E-state index in [2.05, 4.69) is 6.92 Å². The zero-order valence-corrected chi connectivity index (χ0v) is 13.6. The second-order valence-electron chi connectivity index (χ2n) is 4.41. The number of hydrogen-bond donors (Lipinski definition) is 0. The van der Waals surface area contributed by atoms with Gasteiger partial charge in [-0.05, 0) is 27.2 Å². The summed E-state index contributed by atoms with van der Waals surface area (Å²) in [5, 5.41) is 0. The molecule has 6 heteroatoms. The molecule has 0 N–H and O–H groups in total. The zero-order valence-electron chi connectivity index (χ0n) is 12.6. The van der Waals surface area contributed by atoms with Crippen molar-refractivity contribution in [2.24, 2.45) is 0 Å². The first-order valence-electron chi connectivity index (χ1n) is 7.41. The van der Waals surface area contributed by atoms with Crippen LogP contribution in [-0.2, 0) is 22.8 Å². The summed E-state index contributed by atoms with van der Waals surface area (Å²) in [6.07, 6.45) is 2.69. The maximum atomic E-state index is 6.01. The van der Waals surface area contributed by atoms with Gasteiger partial charge in [-0.2, -0.15) is 0 Å². The highest BCUT2D eigenvalue weighted by Gasteiger charge is 2.51. The van der Waals surface area contributed by atoms with Crippen LogP contribution >= 0.6 is 0 Å². The molecule has 0 aromatic rings. The third-order valence-corrected chi connectivity index (χ3v) is 6.24. The Labute approximate surface area is 117 Å². The Morgan fingerprint density at radius 1 is 1.05 bits per heavy atom. The normalized spacial score (nSPS) is 21.2. The standard InChI is InChI=1S/C13H28O5Si/c1-5-9-13(18-12-10-11-14-12)19(15-6-2,16-7-3)17-8-4/h12-13H,5-11H2,1-4H3. The van der Waals surface area contributed by atoms with Gasteiger partial charge in [0.2, 0.25) is 0 Å². The van der Waals surface area contributed by atoms with Gasteiger partial charge in [0, 0.05) is 26.2 Å². The maximum Gasteiger partial charge on any atom is 0.531 e. The van der Waals surface area contributed by atoms with Crippen LogP contribution in [-0.4, -0.2) is 47.2 Å². The van der Waals surface area contributed by atoms with E-state index in [-0.39, 0.29) is 12.0 Å². The van der Waals surface area contributed by atoms with Crippen molar-refractivity contribution in [3.8, 4) is 0 Å². The highest BCUT2D eigenvalue weighted by atomic mass is 28.4. The summed E-state index contributed by atoms with van der Waals surface area (Å²) < 4.78 is 29.1. The first-order valence-corrected chi connectivity index (χ1v) is 9.21. The van der Waals surface area contributed by atoms with E-state index in [0.29, 0.717) is 19.8 Å². The third kappa shape index (κ3) is 4.80. The van der Waals surface area contributed by atoms with E-state index < -0.39 is 8.80 Å². The number of hydrogen-bond acceptors (Lipinski definition) is 5. The van der Waals surface area contributed by atoms with Gasteiger partial charge in [0.15, 0.2) is 6.29 Å². The van der Waals surface area contributed by atoms with Gasteiger partial charge < -0.3 is 22.8 Å². The molecule has 2 atom stereocenters. The monoisotopic (exact) mass is 292 g/mol. The fourth-order valence-electron chi connectivity index (χ4n) is 2.10. The van der Waals surface area contributed by atoms with Gasteiger partial charge in [-0.25, -0.2) is 0 Å². The average Bonchev–Trinajstić information content (AvgIpc) is 2.33. The van der Waals surface area contributed by atoms with Crippen LogP contribution in [0.5, 0.6) is 0 Å². The van der Waals surface area contributed by atoms with Crippen molar-refractivity contribution in [2.75, 3.05) is 26.4 Å². The lowest BCUT2D eigenvalue weighted by molar-refractivity contribution is -0.233. The molecule has 0 bridgehead atoms. The fraction of sp³-hybridized carbons (Fsp3) is 1.00. The molecule has 0 amide bonds. The second-order valence-corrected chi connectivity index (χ2v) is 7.12. The van der Waals surface area contributed by atoms with Crippen molar-refractivity contribution < 1.29 is 22.8 Å². The Morgan fingerprint density at radius 2 is 1.58 bits per heavy atom. The molecule has 1 heterocycles. The summed E-state index contributed by atoms with van der Waals surface area (Å²) in [5.41, 5.74) is -0.136. The van der Waals surface area contributed by atoms with Gasteiger partial charge in [-0.1, -0.05) is 13.3 Å². The second kappa shape index (κ2) is 9.04. The molecule has 0 aromatic carbocycles. The Bertz CT molecular complexity index is 218. The minimum absolute atomic E-state index is 0.121. The minimum Gasteiger partial charge on any atom is -0.372 e. The van der Waals surface area contributed by atoms with Crippen LogP contribution in [0, 0.1) is 0 Å². The van der Waals surface area contributed by atoms with Crippen LogP contribution in [0.25, 0.3) is 0 Å². The van der Waals surface area contributed by atoms with Crippen LogP contribution in [0.1, 0.15) is 47.0 Å². The van der Waals surface area contributed by atoms with Crippen molar-refractivity contribution in [2.45, 2.75) is 59.0 Å². The molecule has 0 saturated carbocycles. The summed E-state index contributed by atoms with van der Waals surface area (Å²) in [6.45, 7) is 10.5. The van der Waals surface area contributed by atoms with Crippen molar-refractivity contribution in [3.05, 3.63) is 0 Å². The van der Waals surface area contributed by atoms with Crippen molar-refractivity contribution in [1.82, 2.24) is 0 Å². The largest absolute Gasteiger partial charge is 0.531 e. The predicted molar refractivity (Wildman–Crippen MR) is 74.8 cm³/mol. The topological polar surface area (TPSA) is 46.2 Å². The molecule has 0 radical (unpaired) electrons. The third-order valence-electron chi connectivity index (χ3n) is 2.96. The first kappa shape index (κ1) is 17.1. The van der Waals surface area contributed by atoms with Crippen LogP contribution in [0.3, 0.4) is 0 Å². The molecule has 1 fully saturated rings. The molecular formula is C13H28O5Si. The van der Waals surface area contributed by atoms with E-state index in [9.17, 15) is 0 Å². The molecule has 1 aliphatic rings. The highest BCUT2D eigenvalue weighted by Crippen LogP contribution is 2.26. The van der Waals surface area contributed by atoms with Gasteiger partial charge in [0.25, 0.3) is 0 Å². The van der Waals surface area contributed by atoms with Gasteiger partial charge in [0.1, 0.15) is 5.73 Å². The van der Waals surface area contributed by atoms with E-state index in [4.69, 9.17) is 22.8 Å². The van der Waals surface area contributed by atoms with Crippen LogP contribution < -0.4 is 0 Å². The van der Waals surface area contributed by atoms with E-state index in [0.717, 1.165) is 25.9 Å². The number of rotatable bonds is 11. The molecule has 19 heavy (non-hydrogen) atoms. The van der Waals surface area contributed by atoms with Crippen LogP contribution in [0.15, 0.2) is 0 Å². The van der Waals surface area contributed by atoms with Gasteiger partial charge in [0.05, 0.1) is 6.61 Å². The Balaban J connectivity index is 2.77. The van der Waals surface area contributed by atoms with Gasteiger partial charge >= 0.3 is 8.80 Å². The Hall–Kier alpha value is 0.0169. The molecule has 1 saturated heterocycles. The molecule has 0 spiro atoms. The summed E-state index contributed by atoms with van der Waals surface area (Å²) in [4.78, 5) is 0. The van der Waals surface area contributed by atoms with Crippen LogP contribution in [0.4, 0.5) is 0 Å². The van der Waals surface area contributed by atoms with E-state index in [1.807, 2.05) is 20.8 Å². The predicted octanol–water partition coefficient (Wildman–Crippen LogP) is 2.51. The molecule has 114 valence electrons. The summed E-state index contributed by atoms with van der Waals surface area (Å²) in [7, 11) is -2.79. The Kier molecular flexibility index (Phi) is 8.13. The fourth-order valence-corrected chi connectivity index (χ4v) is 5.08. The molecule has 0 aromatic heterocycles. The van der Waals surface area contributed by atoms with Gasteiger partial charge in [-0.15, -0.1) is 0 Å². The summed E-state index contributed by atoms with van der Waals surface area (Å²) in [5.74, 6) is 0. The van der Waals surface area contributed by atoms with E-state index in [1.54, 1.807) is 0 Å². The van der Waals surface area contributed by atoms with E-state index in [1.165, 1.54) is 0 Å². The van der Waals surface area contributed by atoms with Crippen LogP contribution in [0.2, 0.25) is 0 Å². The van der Waals surface area contributed by atoms with Crippen molar-refractivity contribution in [3.63, 3.8) is 0 Å². The molecule has 1 rings (SSSR count). The maximum absolute atomic E-state index is 6.01. The molecule has 1 aliphatic heterocycles. The van der Waals surface area contributed by atoms with E-state index >= 15 is 0 Å². The summed E-state index contributed by atoms with van der Waals surface area (Å²) in [6, 6.07) is 0.